The van der Waals surface area contributed by atoms with Crippen molar-refractivity contribution >= 4 is 17.3 Å². The molecule has 0 radical (unpaired) electrons. The molecule has 2 aromatic carbocycles. The highest BCUT2D eigenvalue weighted by molar-refractivity contribution is 6.05. The zero-order valence-electron chi connectivity index (χ0n) is 15.8. The number of halogens is 2. The molecule has 1 amide bonds. The molecule has 1 heterocycles. The minimum absolute atomic E-state index is 0.126. The number of nitrogens with one attached hydrogen (secondary N) is 1. The number of carbonyl (C=O) groups is 1. The fourth-order valence-corrected chi connectivity index (χ4v) is 3.54. The number of methoxy groups -OCH3 is 1. The average molecular weight is 414 g/mol. The minimum Gasteiger partial charge on any atom is -0.495 e. The van der Waals surface area contributed by atoms with Crippen LogP contribution in [0.15, 0.2) is 36.4 Å². The highest BCUT2D eigenvalue weighted by Crippen LogP contribution is 2.32. The Morgan fingerprint density at radius 2 is 2.00 bits per heavy atom. The van der Waals surface area contributed by atoms with Gasteiger partial charge in [0.05, 0.1) is 23.4 Å². The molecule has 0 fully saturated rings. The van der Waals surface area contributed by atoms with Crippen LogP contribution in [0.25, 0.3) is 5.69 Å². The van der Waals surface area contributed by atoms with E-state index in [2.05, 4.69) is 10.4 Å². The van der Waals surface area contributed by atoms with Gasteiger partial charge in [-0.1, -0.05) is 0 Å². The number of non-ortho nitro benzene ring substituents is 1. The van der Waals surface area contributed by atoms with E-state index in [1.165, 1.54) is 36.1 Å². The zero-order chi connectivity index (χ0) is 21.4. The molecular formula is C20H16F2N4O4. The topological polar surface area (TPSA) is 99.3 Å². The molecule has 10 heteroatoms. The lowest BCUT2D eigenvalue weighted by atomic mass is 10.2. The number of hydrogen-bond acceptors (Lipinski definition) is 5. The van der Waals surface area contributed by atoms with Crippen molar-refractivity contribution in [3.05, 3.63) is 75.1 Å². The summed E-state index contributed by atoms with van der Waals surface area (Å²) in [5.41, 5.74) is 1.81. The van der Waals surface area contributed by atoms with Gasteiger partial charge in [0.15, 0.2) is 17.3 Å². The lowest BCUT2D eigenvalue weighted by Crippen LogP contribution is -2.15. The Kier molecular flexibility index (Phi) is 4.90. The van der Waals surface area contributed by atoms with Crippen molar-refractivity contribution in [2.24, 2.45) is 0 Å². The van der Waals surface area contributed by atoms with Crippen LogP contribution in [0.3, 0.4) is 0 Å². The number of nitro groups is 1. The van der Waals surface area contributed by atoms with Gasteiger partial charge in [-0.25, -0.2) is 13.5 Å². The first kappa shape index (κ1) is 19.5. The summed E-state index contributed by atoms with van der Waals surface area (Å²) in [6, 6.07) is 7.26. The average Bonchev–Trinajstić information content (AvgIpc) is 3.32. The van der Waals surface area contributed by atoms with Crippen molar-refractivity contribution in [2.75, 3.05) is 12.4 Å². The van der Waals surface area contributed by atoms with E-state index < -0.39 is 22.5 Å². The third kappa shape index (κ3) is 3.36. The molecule has 0 aliphatic heterocycles. The van der Waals surface area contributed by atoms with Gasteiger partial charge in [0.2, 0.25) is 0 Å². The standard InChI is InChI=1S/C20H16F2N4O4/c1-30-18-8-6-12(26(28)29)10-16(18)23-20(27)19-13-3-2-4-17(13)25(24-19)11-5-7-14(21)15(22)9-11/h5-10H,2-4H2,1H3,(H,23,27). The number of rotatable bonds is 5. The number of nitrogens with zero attached hydrogens (tertiary/aromatic N) is 3. The Balaban J connectivity index is 1.72. The maximum Gasteiger partial charge on any atom is 0.276 e. The van der Waals surface area contributed by atoms with E-state index in [1.807, 2.05) is 0 Å². The smallest absolute Gasteiger partial charge is 0.276 e. The summed E-state index contributed by atoms with van der Waals surface area (Å²) in [5, 5.41) is 18.0. The molecule has 1 aliphatic carbocycles. The van der Waals surface area contributed by atoms with Crippen LogP contribution in [0.2, 0.25) is 0 Å². The maximum atomic E-state index is 13.7. The minimum atomic E-state index is -1.01. The molecule has 0 saturated carbocycles. The zero-order valence-corrected chi connectivity index (χ0v) is 15.8. The summed E-state index contributed by atoms with van der Waals surface area (Å²) in [5.74, 6) is -2.31. The van der Waals surface area contributed by atoms with Crippen LogP contribution in [-0.4, -0.2) is 27.7 Å². The Morgan fingerprint density at radius 1 is 1.20 bits per heavy atom. The molecule has 30 heavy (non-hydrogen) atoms. The second kappa shape index (κ2) is 7.54. The second-order valence-corrected chi connectivity index (χ2v) is 6.73. The first-order valence-corrected chi connectivity index (χ1v) is 9.09. The number of fused-ring (bicyclic) bond motifs is 1. The molecule has 0 atom stereocenters. The highest BCUT2D eigenvalue weighted by atomic mass is 19.2. The van der Waals surface area contributed by atoms with Gasteiger partial charge in [-0.05, 0) is 37.5 Å². The highest BCUT2D eigenvalue weighted by Gasteiger charge is 2.28. The number of anilines is 1. The number of nitro benzene ring substituents is 1. The Bertz CT molecular complexity index is 1180. The molecule has 1 aliphatic rings. The second-order valence-electron chi connectivity index (χ2n) is 6.73. The van der Waals surface area contributed by atoms with E-state index in [4.69, 9.17) is 4.74 Å². The van der Waals surface area contributed by atoms with E-state index in [0.717, 1.165) is 24.2 Å². The third-order valence-corrected chi connectivity index (χ3v) is 4.94. The van der Waals surface area contributed by atoms with Crippen LogP contribution in [-0.2, 0) is 12.8 Å². The summed E-state index contributed by atoms with van der Waals surface area (Å²) >= 11 is 0. The predicted octanol–water partition coefficient (Wildman–Crippen LogP) is 3.81. The molecule has 0 bridgehead atoms. The molecule has 1 N–H and O–H groups in total. The van der Waals surface area contributed by atoms with Gasteiger partial charge in [-0.15, -0.1) is 0 Å². The normalized spacial score (nSPS) is 12.5. The monoisotopic (exact) mass is 414 g/mol. The lowest BCUT2D eigenvalue weighted by molar-refractivity contribution is -0.384. The fraction of sp³-hybridized carbons (Fsp3) is 0.200. The van der Waals surface area contributed by atoms with Gasteiger partial charge in [0.1, 0.15) is 5.75 Å². The Morgan fingerprint density at radius 3 is 2.70 bits per heavy atom. The van der Waals surface area contributed by atoms with Crippen molar-refractivity contribution in [2.45, 2.75) is 19.3 Å². The summed E-state index contributed by atoms with van der Waals surface area (Å²) < 4.78 is 33.6. The molecule has 4 rings (SSSR count). The van der Waals surface area contributed by atoms with Gasteiger partial charge in [-0.3, -0.25) is 14.9 Å². The van der Waals surface area contributed by atoms with Gasteiger partial charge >= 0.3 is 0 Å². The third-order valence-electron chi connectivity index (χ3n) is 4.94. The van der Waals surface area contributed by atoms with Crippen LogP contribution < -0.4 is 10.1 Å². The fourth-order valence-electron chi connectivity index (χ4n) is 3.54. The van der Waals surface area contributed by atoms with Crippen molar-refractivity contribution in [3.63, 3.8) is 0 Å². The van der Waals surface area contributed by atoms with Crippen molar-refractivity contribution < 1.29 is 23.2 Å². The molecule has 8 nitrogen and oxygen atoms in total. The Hall–Kier alpha value is -3.82. The number of ether oxygens (including phenoxy) is 1. The number of amides is 1. The summed E-state index contributed by atoms with van der Waals surface area (Å²) in [4.78, 5) is 23.4. The molecule has 1 aromatic heterocycles. The molecule has 0 spiro atoms. The van der Waals surface area contributed by atoms with Crippen molar-refractivity contribution in [1.29, 1.82) is 0 Å². The summed E-state index contributed by atoms with van der Waals surface area (Å²) in [7, 11) is 1.38. The summed E-state index contributed by atoms with van der Waals surface area (Å²) in [6.07, 6.45) is 2.03. The van der Waals surface area contributed by atoms with Gasteiger partial charge < -0.3 is 10.1 Å². The Labute approximate surface area is 169 Å². The molecule has 3 aromatic rings. The van der Waals surface area contributed by atoms with E-state index in [0.29, 0.717) is 24.1 Å². The predicted molar refractivity (Wildman–Crippen MR) is 103 cm³/mol. The van der Waals surface area contributed by atoms with Gasteiger partial charge in [0.25, 0.3) is 11.6 Å². The quantitative estimate of drug-likeness (QED) is 0.506. The SMILES string of the molecule is COc1ccc([N+](=O)[O-])cc1NC(=O)c1nn(-c2ccc(F)c(F)c2)c2c1CCC2. The van der Waals surface area contributed by atoms with Crippen LogP contribution in [0.1, 0.15) is 28.2 Å². The molecular weight excluding hydrogens is 398 g/mol. The van der Waals surface area contributed by atoms with Crippen molar-refractivity contribution in [1.82, 2.24) is 9.78 Å². The molecule has 0 saturated heterocycles. The largest absolute Gasteiger partial charge is 0.495 e. The van der Waals surface area contributed by atoms with E-state index in [1.54, 1.807) is 0 Å². The first-order chi connectivity index (χ1) is 14.4. The van der Waals surface area contributed by atoms with Crippen LogP contribution in [0.5, 0.6) is 5.75 Å². The van der Waals surface area contributed by atoms with E-state index in [-0.39, 0.29) is 22.8 Å². The van der Waals surface area contributed by atoms with Crippen LogP contribution >= 0.6 is 0 Å². The number of carbonyl (C=O) groups excluding carboxylic acids is 1. The van der Waals surface area contributed by atoms with E-state index >= 15 is 0 Å². The number of hydrogen-bond donors (Lipinski definition) is 1. The van der Waals surface area contributed by atoms with Crippen molar-refractivity contribution in [3.8, 4) is 11.4 Å². The van der Waals surface area contributed by atoms with Crippen LogP contribution in [0.4, 0.5) is 20.2 Å². The lowest BCUT2D eigenvalue weighted by Gasteiger charge is -2.09. The number of benzene rings is 2. The van der Waals surface area contributed by atoms with E-state index in [9.17, 15) is 23.7 Å². The maximum absolute atomic E-state index is 13.7. The van der Waals surface area contributed by atoms with Gasteiger partial charge in [0, 0.05) is 29.5 Å². The van der Waals surface area contributed by atoms with Gasteiger partial charge in [-0.2, -0.15) is 5.10 Å². The molecule has 0 unspecified atom stereocenters. The first-order valence-electron chi connectivity index (χ1n) is 9.09. The number of aromatic nitrogens is 2. The summed E-state index contributed by atoms with van der Waals surface area (Å²) in [6.45, 7) is 0. The van der Waals surface area contributed by atoms with Crippen LogP contribution in [0, 0.1) is 21.7 Å². The molecule has 154 valence electrons.